The maximum absolute atomic E-state index is 9.21. The molecule has 4 heteroatoms. The van der Waals surface area contributed by atoms with Crippen LogP contribution in [0.2, 0.25) is 0 Å². The van der Waals surface area contributed by atoms with Crippen molar-refractivity contribution >= 4 is 29.6 Å². The number of phenolic OH excluding ortho intramolecular Hbond substituents is 1. The zero-order chi connectivity index (χ0) is 11.0. The van der Waals surface area contributed by atoms with Gasteiger partial charge in [0, 0.05) is 0 Å². The Morgan fingerprint density at radius 1 is 0.824 bits per heavy atom. The average molecular weight is 238 g/mol. The second-order valence-corrected chi connectivity index (χ2v) is 3.61. The molecular weight excluding hydrogens is 227 g/mol. The van der Waals surface area contributed by atoms with Crippen molar-refractivity contribution in [3.05, 3.63) is 42.5 Å². The van der Waals surface area contributed by atoms with Gasteiger partial charge in [-0.15, -0.1) is 0 Å². The fourth-order valence-corrected chi connectivity index (χ4v) is 1.73. The molecule has 1 aliphatic rings. The van der Waals surface area contributed by atoms with Crippen molar-refractivity contribution in [2.45, 2.75) is 0 Å². The maximum atomic E-state index is 9.21. The fraction of sp³-hybridized carbons (Fsp3) is 0.0769. The van der Waals surface area contributed by atoms with Crippen LogP contribution in [-0.2, 0) is 0 Å². The molecule has 0 aliphatic carbocycles. The third-order valence-corrected chi connectivity index (χ3v) is 2.57. The Hall–Kier alpha value is -1.16. The summed E-state index contributed by atoms with van der Waals surface area (Å²) in [6.45, 7) is 0.286. The van der Waals surface area contributed by atoms with Gasteiger partial charge < -0.3 is 14.6 Å². The Morgan fingerprint density at radius 2 is 1.47 bits per heavy atom. The number of ether oxygens (including phenoxy) is 2. The molecule has 0 spiro atoms. The molecule has 0 saturated carbocycles. The van der Waals surface area contributed by atoms with Crippen molar-refractivity contribution in [1.29, 1.82) is 0 Å². The Morgan fingerprint density at radius 3 is 2.24 bits per heavy atom. The van der Waals surface area contributed by atoms with E-state index in [1.807, 2.05) is 30.3 Å². The second-order valence-electron chi connectivity index (χ2n) is 3.61. The van der Waals surface area contributed by atoms with E-state index < -0.39 is 0 Å². The molecule has 82 valence electrons. The first-order valence-electron chi connectivity index (χ1n) is 5.02. The summed E-state index contributed by atoms with van der Waals surface area (Å²) in [5.41, 5.74) is 2.08. The first kappa shape index (κ1) is 12.3. The van der Waals surface area contributed by atoms with E-state index in [1.54, 1.807) is 12.1 Å². The Bertz CT molecular complexity index is 523. The van der Waals surface area contributed by atoms with Crippen LogP contribution in [0.15, 0.2) is 42.5 Å². The van der Waals surface area contributed by atoms with Gasteiger partial charge >= 0.3 is 29.6 Å². The number of phenols is 1. The van der Waals surface area contributed by atoms with E-state index in [-0.39, 0.29) is 42.1 Å². The van der Waals surface area contributed by atoms with Crippen molar-refractivity contribution < 1.29 is 14.6 Å². The molecule has 1 aliphatic heterocycles. The van der Waals surface area contributed by atoms with Crippen molar-refractivity contribution in [1.82, 2.24) is 0 Å². The summed E-state index contributed by atoms with van der Waals surface area (Å²) in [4.78, 5) is 0. The predicted molar refractivity (Wildman–Crippen MR) is 66.8 cm³/mol. The molecule has 0 radical (unpaired) electrons. The first-order chi connectivity index (χ1) is 7.83. The van der Waals surface area contributed by atoms with Crippen molar-refractivity contribution in [3.8, 4) is 28.4 Å². The summed E-state index contributed by atoms with van der Waals surface area (Å²) in [6.07, 6.45) is 0. The van der Waals surface area contributed by atoms with Crippen molar-refractivity contribution in [2.75, 3.05) is 6.79 Å². The molecule has 0 amide bonds. The summed E-state index contributed by atoms with van der Waals surface area (Å²) in [7, 11) is 0. The van der Waals surface area contributed by atoms with Gasteiger partial charge in [0.2, 0.25) is 6.79 Å². The zero-order valence-electron chi connectivity index (χ0n) is 8.51. The van der Waals surface area contributed by atoms with E-state index in [4.69, 9.17) is 9.47 Å². The molecule has 2 aromatic carbocycles. The third kappa shape index (κ3) is 2.41. The van der Waals surface area contributed by atoms with Gasteiger partial charge in [0.05, 0.1) is 0 Å². The number of aromatic hydroxyl groups is 1. The van der Waals surface area contributed by atoms with Gasteiger partial charge in [0.25, 0.3) is 0 Å². The Kier molecular flexibility index (Phi) is 3.62. The topological polar surface area (TPSA) is 38.7 Å². The molecule has 0 unspecified atom stereocenters. The van der Waals surface area contributed by atoms with E-state index >= 15 is 0 Å². The molecule has 1 N–H and O–H groups in total. The molecule has 1 heterocycles. The van der Waals surface area contributed by atoms with Gasteiger partial charge in [-0.2, -0.15) is 0 Å². The molecule has 17 heavy (non-hydrogen) atoms. The number of hydrogen-bond donors (Lipinski definition) is 1. The van der Waals surface area contributed by atoms with Gasteiger partial charge in [0.15, 0.2) is 11.5 Å². The van der Waals surface area contributed by atoms with Gasteiger partial charge in [0.1, 0.15) is 5.75 Å². The van der Waals surface area contributed by atoms with Crippen LogP contribution in [0, 0.1) is 0 Å². The monoisotopic (exact) mass is 238 g/mol. The molecule has 3 rings (SSSR count). The summed E-state index contributed by atoms with van der Waals surface area (Å²) < 4.78 is 10.6. The predicted octanol–water partition coefficient (Wildman–Crippen LogP) is 2.14. The van der Waals surface area contributed by atoms with Crippen LogP contribution >= 0.6 is 0 Å². The van der Waals surface area contributed by atoms with E-state index in [0.717, 1.165) is 22.6 Å². The Balaban J connectivity index is 0.00000108. The molecule has 0 aromatic heterocycles. The number of rotatable bonds is 1. The van der Waals surface area contributed by atoms with Crippen LogP contribution in [0.5, 0.6) is 17.2 Å². The van der Waals surface area contributed by atoms with Gasteiger partial charge in [-0.3, -0.25) is 0 Å². The number of benzene rings is 2. The molecular formula is C13H11NaO3. The van der Waals surface area contributed by atoms with E-state index in [1.165, 1.54) is 0 Å². The van der Waals surface area contributed by atoms with Gasteiger partial charge in [-0.1, -0.05) is 18.2 Å². The third-order valence-electron chi connectivity index (χ3n) is 2.57. The minimum absolute atomic E-state index is 0. The first-order valence-corrected chi connectivity index (χ1v) is 5.02. The van der Waals surface area contributed by atoms with Crippen LogP contribution < -0.4 is 9.47 Å². The quantitative estimate of drug-likeness (QED) is 0.773. The summed E-state index contributed by atoms with van der Waals surface area (Å²) in [5, 5.41) is 9.21. The second kappa shape index (κ2) is 5.00. The fourth-order valence-electron chi connectivity index (χ4n) is 1.73. The average Bonchev–Trinajstić information content (AvgIpc) is 2.77. The van der Waals surface area contributed by atoms with E-state index in [9.17, 15) is 5.11 Å². The summed E-state index contributed by atoms with van der Waals surface area (Å²) in [6, 6.07) is 12.9. The van der Waals surface area contributed by atoms with Crippen LogP contribution in [0.1, 0.15) is 0 Å². The molecule has 3 nitrogen and oxygen atoms in total. The van der Waals surface area contributed by atoms with Crippen LogP contribution in [0.25, 0.3) is 11.1 Å². The molecule has 0 atom stereocenters. The number of fused-ring (bicyclic) bond motifs is 1. The van der Waals surface area contributed by atoms with Crippen LogP contribution in [-0.4, -0.2) is 41.5 Å². The SMILES string of the molecule is Oc1ccc(-c2ccc3c(c2)OCO3)cc1.[NaH]. The van der Waals surface area contributed by atoms with Crippen molar-refractivity contribution in [2.24, 2.45) is 0 Å². The van der Waals surface area contributed by atoms with Gasteiger partial charge in [-0.05, 0) is 35.4 Å². The standard InChI is InChI=1S/C13H10O3.Na.H/c14-11-4-1-9(2-5-11)10-3-6-12-13(7-10)16-8-15-12;;/h1-7,14H,8H2;;. The molecule has 0 saturated heterocycles. The van der Waals surface area contributed by atoms with Crippen LogP contribution in [0.4, 0.5) is 0 Å². The zero-order valence-corrected chi connectivity index (χ0v) is 8.51. The van der Waals surface area contributed by atoms with Gasteiger partial charge in [-0.25, -0.2) is 0 Å². The van der Waals surface area contributed by atoms with Crippen LogP contribution in [0.3, 0.4) is 0 Å². The normalized spacial score (nSPS) is 12.0. The number of hydrogen-bond acceptors (Lipinski definition) is 3. The Labute approximate surface area is 121 Å². The molecule has 0 fully saturated rings. The van der Waals surface area contributed by atoms with Crippen molar-refractivity contribution in [3.63, 3.8) is 0 Å². The molecule has 0 bridgehead atoms. The minimum atomic E-state index is 0. The molecule has 2 aromatic rings. The summed E-state index contributed by atoms with van der Waals surface area (Å²) >= 11 is 0. The summed E-state index contributed by atoms with van der Waals surface area (Å²) in [5.74, 6) is 1.82. The van der Waals surface area contributed by atoms with E-state index in [0.29, 0.717) is 0 Å². The van der Waals surface area contributed by atoms with E-state index in [2.05, 4.69) is 0 Å².